The molecule has 1 saturated heterocycles. The largest absolute Gasteiger partial charge is 0.378 e. The van der Waals surface area contributed by atoms with Gasteiger partial charge in [-0.15, -0.1) is 11.3 Å². The van der Waals surface area contributed by atoms with E-state index in [1.807, 2.05) is 12.3 Å². The lowest BCUT2D eigenvalue weighted by atomic mass is 10.0. The molecule has 1 aliphatic rings. The second kappa shape index (κ2) is 7.58. The van der Waals surface area contributed by atoms with Gasteiger partial charge in [-0.05, 0) is 43.8 Å². The summed E-state index contributed by atoms with van der Waals surface area (Å²) in [6.45, 7) is 7.27. The van der Waals surface area contributed by atoms with E-state index in [0.717, 1.165) is 41.9 Å². The van der Waals surface area contributed by atoms with Crippen LogP contribution in [0.5, 0.6) is 0 Å². The van der Waals surface area contributed by atoms with Crippen LogP contribution in [0.1, 0.15) is 41.5 Å². The number of aromatic nitrogens is 2. The summed E-state index contributed by atoms with van der Waals surface area (Å²) in [5.74, 6) is 0.601. The molecule has 0 aliphatic carbocycles. The van der Waals surface area contributed by atoms with Crippen LogP contribution in [0, 0.1) is 12.8 Å². The van der Waals surface area contributed by atoms with Crippen molar-refractivity contribution in [2.75, 3.05) is 30.8 Å². The van der Waals surface area contributed by atoms with Gasteiger partial charge in [0, 0.05) is 25.5 Å². The van der Waals surface area contributed by atoms with Crippen LogP contribution in [0.15, 0.2) is 5.38 Å². The first-order chi connectivity index (χ1) is 11.6. The van der Waals surface area contributed by atoms with E-state index in [0.29, 0.717) is 10.7 Å². The topological polar surface area (TPSA) is 70.1 Å². The molecule has 8 heteroatoms. The summed E-state index contributed by atoms with van der Waals surface area (Å²) in [5.41, 5.74) is 2.36. The monoisotopic (exact) mass is 365 g/mol. The van der Waals surface area contributed by atoms with Crippen LogP contribution in [0.2, 0.25) is 0 Å². The van der Waals surface area contributed by atoms with Crippen LogP contribution in [-0.2, 0) is 6.54 Å². The second-order valence-electron chi connectivity index (χ2n) is 6.30. The minimum atomic E-state index is -0.155. The number of hydrogen-bond donors (Lipinski definition) is 2. The number of hydrogen-bond acceptors (Lipinski definition) is 7. The van der Waals surface area contributed by atoms with E-state index in [4.69, 9.17) is 0 Å². The van der Waals surface area contributed by atoms with Gasteiger partial charge >= 0.3 is 0 Å². The highest BCUT2D eigenvalue weighted by atomic mass is 32.1. The zero-order valence-corrected chi connectivity index (χ0v) is 15.9. The van der Waals surface area contributed by atoms with Crippen molar-refractivity contribution in [2.45, 2.75) is 33.2 Å². The Morgan fingerprint density at radius 3 is 3.08 bits per heavy atom. The SMILES string of the molecule is CNc1snc(C)c1C(=O)Nc1nc(CN2CCC[C@H](C)C2)cs1. The maximum Gasteiger partial charge on any atom is 0.262 e. The number of nitrogens with zero attached hydrogens (tertiary/aromatic N) is 3. The van der Waals surface area contributed by atoms with Gasteiger partial charge in [-0.1, -0.05) is 6.92 Å². The number of aryl methyl sites for hydroxylation is 1. The lowest BCUT2D eigenvalue weighted by molar-refractivity contribution is 0.102. The van der Waals surface area contributed by atoms with Gasteiger partial charge in [-0.25, -0.2) is 4.98 Å². The fraction of sp³-hybridized carbons (Fsp3) is 0.562. The van der Waals surface area contributed by atoms with Crippen molar-refractivity contribution in [2.24, 2.45) is 5.92 Å². The maximum atomic E-state index is 12.5. The Bertz CT molecular complexity index is 711. The molecule has 2 aromatic heterocycles. The van der Waals surface area contributed by atoms with Gasteiger partial charge in [0.1, 0.15) is 5.00 Å². The minimum absolute atomic E-state index is 0.155. The molecular weight excluding hydrogens is 342 g/mol. The van der Waals surface area contributed by atoms with Gasteiger partial charge in [0.25, 0.3) is 5.91 Å². The predicted molar refractivity (Wildman–Crippen MR) is 100 cm³/mol. The number of amides is 1. The maximum absolute atomic E-state index is 12.5. The standard InChI is InChI=1S/C16H23N5OS2/c1-10-5-4-6-21(7-10)8-12-9-23-16(18-12)19-14(22)13-11(2)20-24-15(13)17-3/h9-10,17H,4-8H2,1-3H3,(H,18,19,22)/t10-/m0/s1. The third kappa shape index (κ3) is 3.93. The van der Waals surface area contributed by atoms with Crippen molar-refractivity contribution >= 4 is 38.9 Å². The Kier molecular flexibility index (Phi) is 5.47. The van der Waals surface area contributed by atoms with Crippen molar-refractivity contribution in [3.8, 4) is 0 Å². The second-order valence-corrected chi connectivity index (χ2v) is 7.93. The average molecular weight is 366 g/mol. The molecule has 3 heterocycles. The van der Waals surface area contributed by atoms with Gasteiger partial charge in [0.05, 0.1) is 17.0 Å². The summed E-state index contributed by atoms with van der Waals surface area (Å²) in [6, 6.07) is 0. The van der Waals surface area contributed by atoms with Crippen LogP contribution in [-0.4, -0.2) is 40.3 Å². The van der Waals surface area contributed by atoms with Crippen LogP contribution >= 0.6 is 22.9 Å². The molecule has 2 aromatic rings. The molecule has 6 nitrogen and oxygen atoms in total. The van der Waals surface area contributed by atoms with E-state index in [1.165, 1.54) is 35.7 Å². The summed E-state index contributed by atoms with van der Waals surface area (Å²) in [5, 5.41) is 9.38. The highest BCUT2D eigenvalue weighted by Crippen LogP contribution is 2.26. The van der Waals surface area contributed by atoms with Crippen LogP contribution in [0.4, 0.5) is 10.1 Å². The molecule has 130 valence electrons. The van der Waals surface area contributed by atoms with E-state index < -0.39 is 0 Å². The highest BCUT2D eigenvalue weighted by molar-refractivity contribution is 7.14. The average Bonchev–Trinajstić information content (AvgIpc) is 3.13. The van der Waals surface area contributed by atoms with Crippen molar-refractivity contribution in [1.29, 1.82) is 0 Å². The first kappa shape index (κ1) is 17.3. The van der Waals surface area contributed by atoms with Crippen LogP contribution in [0.3, 0.4) is 0 Å². The van der Waals surface area contributed by atoms with Gasteiger partial charge in [-0.2, -0.15) is 4.37 Å². The fourth-order valence-corrected chi connectivity index (χ4v) is 4.50. The fourth-order valence-electron chi connectivity index (χ4n) is 3.06. The number of carbonyl (C=O) groups is 1. The molecule has 3 rings (SSSR count). The molecule has 0 bridgehead atoms. The van der Waals surface area contributed by atoms with Gasteiger partial charge in [-0.3, -0.25) is 15.0 Å². The van der Waals surface area contributed by atoms with Crippen molar-refractivity contribution in [3.63, 3.8) is 0 Å². The van der Waals surface area contributed by atoms with Crippen LogP contribution < -0.4 is 10.6 Å². The first-order valence-corrected chi connectivity index (χ1v) is 9.84. The number of anilines is 2. The number of nitrogens with one attached hydrogen (secondary N) is 2. The minimum Gasteiger partial charge on any atom is -0.378 e. The molecular formula is C16H23N5OS2. The van der Waals surface area contributed by atoms with Crippen molar-refractivity contribution in [1.82, 2.24) is 14.3 Å². The summed E-state index contributed by atoms with van der Waals surface area (Å²) >= 11 is 2.77. The molecule has 1 aliphatic heterocycles. The number of carbonyl (C=O) groups excluding carboxylic acids is 1. The Balaban J connectivity index is 1.63. The Morgan fingerprint density at radius 1 is 1.50 bits per heavy atom. The van der Waals surface area contributed by atoms with E-state index in [-0.39, 0.29) is 5.91 Å². The van der Waals surface area contributed by atoms with E-state index in [1.54, 1.807) is 7.05 Å². The third-order valence-electron chi connectivity index (χ3n) is 4.22. The molecule has 0 unspecified atom stereocenters. The van der Waals surface area contributed by atoms with Crippen molar-refractivity contribution < 1.29 is 4.79 Å². The van der Waals surface area contributed by atoms with Crippen molar-refractivity contribution in [3.05, 3.63) is 22.3 Å². The van der Waals surface area contributed by atoms with Gasteiger partial charge in [0.15, 0.2) is 5.13 Å². The Hall–Kier alpha value is -1.51. The molecule has 2 N–H and O–H groups in total. The smallest absolute Gasteiger partial charge is 0.262 e. The summed E-state index contributed by atoms with van der Waals surface area (Å²) in [4.78, 5) is 19.5. The lowest BCUT2D eigenvalue weighted by Crippen LogP contribution is -2.33. The number of thiazole rings is 1. The molecule has 1 fully saturated rings. The van der Waals surface area contributed by atoms with Gasteiger partial charge < -0.3 is 5.32 Å². The molecule has 0 spiro atoms. The molecule has 24 heavy (non-hydrogen) atoms. The number of piperidine rings is 1. The Labute approximate surface area is 150 Å². The number of likely N-dealkylation sites (tertiary alicyclic amines) is 1. The summed E-state index contributed by atoms with van der Waals surface area (Å²) in [6.07, 6.45) is 2.57. The van der Waals surface area contributed by atoms with Gasteiger partial charge in [0.2, 0.25) is 0 Å². The quantitative estimate of drug-likeness (QED) is 0.849. The molecule has 0 aromatic carbocycles. The van der Waals surface area contributed by atoms with E-state index >= 15 is 0 Å². The Morgan fingerprint density at radius 2 is 2.33 bits per heavy atom. The third-order valence-corrected chi connectivity index (χ3v) is 5.98. The highest BCUT2D eigenvalue weighted by Gasteiger charge is 2.20. The molecule has 0 saturated carbocycles. The zero-order valence-electron chi connectivity index (χ0n) is 14.3. The predicted octanol–water partition coefficient (Wildman–Crippen LogP) is 3.43. The normalized spacial score (nSPS) is 18.5. The molecule has 1 atom stereocenters. The summed E-state index contributed by atoms with van der Waals surface area (Å²) < 4.78 is 4.23. The zero-order chi connectivity index (χ0) is 17.1. The lowest BCUT2D eigenvalue weighted by Gasteiger charge is -2.30. The first-order valence-electron chi connectivity index (χ1n) is 8.19. The van der Waals surface area contributed by atoms with Crippen LogP contribution in [0.25, 0.3) is 0 Å². The van der Waals surface area contributed by atoms with E-state index in [9.17, 15) is 4.79 Å². The van der Waals surface area contributed by atoms with E-state index in [2.05, 4.69) is 31.8 Å². The number of rotatable bonds is 5. The molecule has 1 amide bonds. The molecule has 0 radical (unpaired) electrons. The summed E-state index contributed by atoms with van der Waals surface area (Å²) in [7, 11) is 1.80.